The molecule has 0 aliphatic carbocycles. The molecule has 3 aromatic heterocycles. The molecule has 6 rings (SSSR count). The smallest absolute Gasteiger partial charge is 0.258 e. The summed E-state index contributed by atoms with van der Waals surface area (Å²) in [6, 6.07) is 12.0. The van der Waals surface area contributed by atoms with Gasteiger partial charge in [0.05, 0.1) is 29.6 Å². The van der Waals surface area contributed by atoms with Crippen molar-refractivity contribution in [2.45, 2.75) is 31.8 Å². The van der Waals surface area contributed by atoms with Crippen LogP contribution in [-0.4, -0.2) is 68.2 Å². The zero-order valence-electron chi connectivity index (χ0n) is 19.8. The fraction of sp³-hybridized carbons (Fsp3) is 0.346. The topological polar surface area (TPSA) is 113 Å². The van der Waals surface area contributed by atoms with E-state index in [1.807, 2.05) is 36.4 Å². The van der Waals surface area contributed by atoms with E-state index >= 15 is 0 Å². The van der Waals surface area contributed by atoms with Crippen LogP contribution in [0.15, 0.2) is 64.1 Å². The summed E-state index contributed by atoms with van der Waals surface area (Å²) in [6.07, 6.45) is 7.77. The zero-order chi connectivity index (χ0) is 24.3. The lowest BCUT2D eigenvalue weighted by atomic mass is 10.0. The maximum atomic E-state index is 12.6. The number of hydrogen-bond acceptors (Lipinski definition) is 9. The van der Waals surface area contributed by atoms with Gasteiger partial charge in [-0.2, -0.15) is 0 Å². The largest absolute Gasteiger partial charge is 0.364 e. The fourth-order valence-corrected chi connectivity index (χ4v) is 4.94. The molecule has 0 spiro atoms. The summed E-state index contributed by atoms with van der Waals surface area (Å²) >= 11 is 0. The van der Waals surface area contributed by atoms with Gasteiger partial charge in [0, 0.05) is 30.9 Å². The quantitative estimate of drug-likeness (QED) is 0.418. The van der Waals surface area contributed by atoms with Crippen LogP contribution in [0.5, 0.6) is 0 Å². The van der Waals surface area contributed by atoms with Gasteiger partial charge in [-0.25, -0.2) is 9.97 Å². The molecule has 5 heterocycles. The molecule has 0 radical (unpaired) electrons. The van der Waals surface area contributed by atoms with Crippen LogP contribution in [0.2, 0.25) is 0 Å². The number of benzene rings is 1. The van der Waals surface area contributed by atoms with Crippen molar-refractivity contribution in [2.75, 3.05) is 31.5 Å². The fourth-order valence-electron chi connectivity index (χ4n) is 4.94. The molecule has 0 unspecified atom stereocenters. The van der Waals surface area contributed by atoms with E-state index in [0.29, 0.717) is 31.1 Å². The van der Waals surface area contributed by atoms with Crippen LogP contribution in [0.25, 0.3) is 22.5 Å². The Bertz CT molecular complexity index is 1320. The van der Waals surface area contributed by atoms with Crippen molar-refractivity contribution in [3.8, 4) is 22.5 Å². The van der Waals surface area contributed by atoms with Crippen LogP contribution in [0.1, 0.15) is 35.4 Å². The number of carbonyl (C=O) groups excluding carboxylic acids is 1. The molecule has 0 saturated carbocycles. The molecule has 1 N–H and O–H groups in total. The van der Waals surface area contributed by atoms with Crippen LogP contribution in [0.3, 0.4) is 0 Å². The van der Waals surface area contributed by atoms with E-state index < -0.39 is 0 Å². The van der Waals surface area contributed by atoms with E-state index in [4.69, 9.17) is 14.0 Å². The summed E-state index contributed by atoms with van der Waals surface area (Å²) in [7, 11) is 0. The number of nitrogens with one attached hydrogen (secondary N) is 1. The second-order valence-corrected chi connectivity index (χ2v) is 9.24. The molecule has 4 aromatic rings. The van der Waals surface area contributed by atoms with Gasteiger partial charge in [-0.05, 0) is 38.4 Å². The first-order valence-corrected chi connectivity index (χ1v) is 12.3. The minimum atomic E-state index is -0.0845. The van der Waals surface area contributed by atoms with Crippen LogP contribution in [0, 0.1) is 0 Å². The predicted octanol–water partition coefficient (Wildman–Crippen LogP) is 3.71. The average molecular weight is 486 g/mol. The van der Waals surface area contributed by atoms with Gasteiger partial charge >= 0.3 is 0 Å². The van der Waals surface area contributed by atoms with Crippen molar-refractivity contribution in [3.63, 3.8) is 0 Å². The van der Waals surface area contributed by atoms with Gasteiger partial charge in [0.1, 0.15) is 12.0 Å². The van der Waals surface area contributed by atoms with Crippen molar-refractivity contribution in [2.24, 2.45) is 0 Å². The molecule has 1 atom stereocenters. The van der Waals surface area contributed by atoms with E-state index in [2.05, 4.69) is 25.5 Å². The number of amides is 1. The molecule has 10 heteroatoms. The number of carbonyl (C=O) groups is 1. The average Bonchev–Trinajstić information content (AvgIpc) is 3.73. The Morgan fingerprint density at radius 2 is 1.97 bits per heavy atom. The minimum absolute atomic E-state index is 0.0456. The van der Waals surface area contributed by atoms with Gasteiger partial charge in [0.2, 0.25) is 5.95 Å². The van der Waals surface area contributed by atoms with Crippen LogP contribution < -0.4 is 5.32 Å². The van der Waals surface area contributed by atoms with Gasteiger partial charge in [0.25, 0.3) is 5.91 Å². The lowest BCUT2D eigenvalue weighted by Gasteiger charge is -2.16. The van der Waals surface area contributed by atoms with E-state index in [0.717, 1.165) is 47.8 Å². The maximum Gasteiger partial charge on any atom is 0.258 e. The molecule has 1 aromatic carbocycles. The highest BCUT2D eigenvalue weighted by atomic mass is 16.5. The van der Waals surface area contributed by atoms with Gasteiger partial charge < -0.3 is 19.3 Å². The highest BCUT2D eigenvalue weighted by Crippen LogP contribution is 2.35. The molecule has 0 bridgehead atoms. The minimum Gasteiger partial charge on any atom is -0.364 e. The van der Waals surface area contributed by atoms with E-state index in [-0.39, 0.29) is 11.9 Å². The third-order valence-electron chi connectivity index (χ3n) is 6.78. The number of nitrogens with zero attached hydrogens (tertiary/aromatic N) is 6. The summed E-state index contributed by atoms with van der Waals surface area (Å²) < 4.78 is 10.7. The molecule has 2 saturated heterocycles. The van der Waals surface area contributed by atoms with Crippen molar-refractivity contribution >= 4 is 11.9 Å². The lowest BCUT2D eigenvalue weighted by molar-refractivity contribution is 0.0791. The highest BCUT2D eigenvalue weighted by Gasteiger charge is 2.29. The molecule has 2 aliphatic heterocycles. The molecular formula is C26H27N7O3. The first-order chi connectivity index (χ1) is 17.7. The summed E-state index contributed by atoms with van der Waals surface area (Å²) in [5.41, 5.74) is 3.88. The first-order valence-electron chi connectivity index (χ1n) is 12.3. The second kappa shape index (κ2) is 9.90. The Morgan fingerprint density at radius 1 is 1.11 bits per heavy atom. The summed E-state index contributed by atoms with van der Waals surface area (Å²) in [5.74, 6) is 1.25. The van der Waals surface area contributed by atoms with Crippen LogP contribution in [0.4, 0.5) is 5.95 Å². The molecular weight excluding hydrogens is 458 g/mol. The van der Waals surface area contributed by atoms with Crippen LogP contribution in [-0.2, 0) is 6.54 Å². The van der Waals surface area contributed by atoms with E-state index in [1.165, 1.54) is 25.3 Å². The Balaban J connectivity index is 1.25. The molecule has 2 aliphatic rings. The number of likely N-dealkylation sites (tertiary alicyclic amines) is 2. The molecule has 36 heavy (non-hydrogen) atoms. The number of aromatic nitrogens is 4. The number of rotatable bonds is 7. The van der Waals surface area contributed by atoms with Crippen LogP contribution >= 0.6 is 0 Å². The summed E-state index contributed by atoms with van der Waals surface area (Å²) in [4.78, 5) is 26.1. The van der Waals surface area contributed by atoms with Gasteiger partial charge in [-0.1, -0.05) is 40.6 Å². The Hall–Kier alpha value is -4.05. The lowest BCUT2D eigenvalue weighted by Crippen LogP contribution is -2.31. The highest BCUT2D eigenvalue weighted by molar-refractivity contribution is 5.93. The Morgan fingerprint density at radius 3 is 2.78 bits per heavy atom. The first kappa shape index (κ1) is 22.4. The predicted molar refractivity (Wildman–Crippen MR) is 132 cm³/mol. The van der Waals surface area contributed by atoms with E-state index in [1.54, 1.807) is 11.1 Å². The zero-order valence-corrected chi connectivity index (χ0v) is 19.8. The normalized spacial score (nSPS) is 18.1. The summed E-state index contributed by atoms with van der Waals surface area (Å²) in [6.45, 7) is 4.02. The molecule has 184 valence electrons. The third kappa shape index (κ3) is 4.59. The van der Waals surface area contributed by atoms with E-state index in [9.17, 15) is 4.79 Å². The standard InChI is InChI=1S/C26H27N7O3/c34-25(19-14-28-35-17-19)33-13-9-20(15-33)29-26-27-10-8-21(30-26)23-22(16-32-11-4-5-12-32)36-31-24(23)18-6-2-1-3-7-18/h1-3,6-8,10,14,17,20H,4-5,9,11-13,15-16H2,(H,27,29,30)/t20-/m1/s1. The maximum absolute atomic E-state index is 12.6. The SMILES string of the molecule is O=C(c1cnoc1)N1CC[C@@H](Nc2nccc(-c3c(-c4ccccc4)noc3CN3CCCC3)n2)C1. The number of anilines is 1. The summed E-state index contributed by atoms with van der Waals surface area (Å²) in [5, 5.41) is 11.5. The van der Waals surface area contributed by atoms with Crippen molar-refractivity contribution in [3.05, 3.63) is 66.4 Å². The van der Waals surface area contributed by atoms with Crippen molar-refractivity contribution in [1.29, 1.82) is 0 Å². The van der Waals surface area contributed by atoms with Gasteiger partial charge in [-0.3, -0.25) is 9.69 Å². The third-order valence-corrected chi connectivity index (χ3v) is 6.78. The van der Waals surface area contributed by atoms with Crippen molar-refractivity contribution in [1.82, 2.24) is 30.1 Å². The molecule has 2 fully saturated rings. The monoisotopic (exact) mass is 485 g/mol. The molecule has 10 nitrogen and oxygen atoms in total. The number of hydrogen-bond donors (Lipinski definition) is 1. The van der Waals surface area contributed by atoms with Gasteiger partial charge in [0.15, 0.2) is 5.76 Å². The van der Waals surface area contributed by atoms with Crippen molar-refractivity contribution < 1.29 is 13.8 Å². The Labute approximate surface area is 208 Å². The molecule has 1 amide bonds. The second-order valence-electron chi connectivity index (χ2n) is 9.24. The Kier molecular flexibility index (Phi) is 6.17. The van der Waals surface area contributed by atoms with Gasteiger partial charge in [-0.15, -0.1) is 0 Å².